The predicted molar refractivity (Wildman–Crippen MR) is 100 cm³/mol. The van der Waals surface area contributed by atoms with Gasteiger partial charge in [0, 0.05) is 37.6 Å². The molecule has 6 heteroatoms. The van der Waals surface area contributed by atoms with Gasteiger partial charge in [0.15, 0.2) is 0 Å². The number of amides is 2. The minimum absolute atomic E-state index is 0.0921. The second-order valence-electron chi connectivity index (χ2n) is 6.32. The van der Waals surface area contributed by atoms with Crippen LogP contribution in [0.2, 0.25) is 5.02 Å². The Bertz CT molecular complexity index is 788. The number of urea groups is 1. The number of benzene rings is 2. The van der Waals surface area contributed by atoms with Gasteiger partial charge in [-0.2, -0.15) is 0 Å². The lowest BCUT2D eigenvalue weighted by Gasteiger charge is -2.36. The van der Waals surface area contributed by atoms with E-state index >= 15 is 0 Å². The van der Waals surface area contributed by atoms with Crippen LogP contribution in [0.4, 0.5) is 20.6 Å². The van der Waals surface area contributed by atoms with Crippen molar-refractivity contribution in [2.45, 2.75) is 13.8 Å². The summed E-state index contributed by atoms with van der Waals surface area (Å²) in [4.78, 5) is 16.4. The van der Waals surface area contributed by atoms with Gasteiger partial charge < -0.3 is 15.1 Å². The van der Waals surface area contributed by atoms with Crippen molar-refractivity contribution in [2.75, 3.05) is 36.4 Å². The van der Waals surface area contributed by atoms with Crippen LogP contribution in [0.5, 0.6) is 0 Å². The molecule has 1 saturated heterocycles. The minimum Gasteiger partial charge on any atom is -0.368 e. The van der Waals surface area contributed by atoms with Crippen molar-refractivity contribution in [3.63, 3.8) is 0 Å². The molecule has 1 N–H and O–H groups in total. The molecule has 3 rings (SSSR count). The fraction of sp³-hybridized carbons (Fsp3) is 0.316. The summed E-state index contributed by atoms with van der Waals surface area (Å²) in [6.45, 7) is 6.55. The average Bonchev–Trinajstić information content (AvgIpc) is 2.60. The Kier molecular flexibility index (Phi) is 5.13. The number of piperazine rings is 1. The van der Waals surface area contributed by atoms with Gasteiger partial charge in [-0.05, 0) is 49.2 Å². The molecular weight excluding hydrogens is 341 g/mol. The van der Waals surface area contributed by atoms with E-state index in [4.69, 9.17) is 11.6 Å². The predicted octanol–water partition coefficient (Wildman–Crippen LogP) is 4.45. The topological polar surface area (TPSA) is 35.6 Å². The van der Waals surface area contributed by atoms with Crippen molar-refractivity contribution >= 4 is 29.0 Å². The SMILES string of the molecule is Cc1ccc(C)c(NC(=O)N2CCN(c3ccc(F)c(Cl)c3)CC2)c1. The third-order valence-electron chi connectivity index (χ3n) is 4.47. The Balaban J connectivity index is 1.60. The number of hydrogen-bond donors (Lipinski definition) is 1. The number of anilines is 2. The third-order valence-corrected chi connectivity index (χ3v) is 4.76. The number of hydrogen-bond acceptors (Lipinski definition) is 2. The average molecular weight is 362 g/mol. The molecule has 0 aliphatic carbocycles. The van der Waals surface area contributed by atoms with Crippen LogP contribution in [0.1, 0.15) is 11.1 Å². The van der Waals surface area contributed by atoms with Crippen LogP contribution >= 0.6 is 11.6 Å². The summed E-state index contributed by atoms with van der Waals surface area (Å²) in [5.74, 6) is -0.419. The van der Waals surface area contributed by atoms with Crippen molar-refractivity contribution in [3.05, 3.63) is 58.4 Å². The van der Waals surface area contributed by atoms with E-state index in [9.17, 15) is 9.18 Å². The molecule has 2 amide bonds. The molecule has 0 spiro atoms. The Morgan fingerprint density at radius 2 is 1.80 bits per heavy atom. The molecule has 1 aliphatic heterocycles. The molecule has 2 aromatic carbocycles. The number of nitrogens with zero attached hydrogens (tertiary/aromatic N) is 2. The number of carbonyl (C=O) groups is 1. The van der Waals surface area contributed by atoms with Crippen LogP contribution < -0.4 is 10.2 Å². The zero-order valence-electron chi connectivity index (χ0n) is 14.4. The summed E-state index contributed by atoms with van der Waals surface area (Å²) >= 11 is 5.85. The third kappa shape index (κ3) is 4.04. The lowest BCUT2D eigenvalue weighted by atomic mass is 10.1. The van der Waals surface area contributed by atoms with Crippen molar-refractivity contribution in [3.8, 4) is 0 Å². The molecule has 0 saturated carbocycles. The Morgan fingerprint density at radius 1 is 1.08 bits per heavy atom. The highest BCUT2D eigenvalue weighted by molar-refractivity contribution is 6.31. The molecule has 0 radical (unpaired) electrons. The molecule has 0 bridgehead atoms. The summed E-state index contributed by atoms with van der Waals surface area (Å²) in [6.07, 6.45) is 0. The van der Waals surface area contributed by atoms with Gasteiger partial charge in [-0.25, -0.2) is 9.18 Å². The van der Waals surface area contributed by atoms with Crippen LogP contribution in [-0.4, -0.2) is 37.1 Å². The fourth-order valence-corrected chi connectivity index (χ4v) is 3.09. The van der Waals surface area contributed by atoms with Crippen LogP contribution in [0, 0.1) is 19.7 Å². The van der Waals surface area contributed by atoms with Gasteiger partial charge >= 0.3 is 6.03 Å². The van der Waals surface area contributed by atoms with Crippen LogP contribution in [0.25, 0.3) is 0 Å². The lowest BCUT2D eigenvalue weighted by Crippen LogP contribution is -2.50. The highest BCUT2D eigenvalue weighted by Gasteiger charge is 2.22. The first-order chi connectivity index (χ1) is 11.9. The maximum absolute atomic E-state index is 13.3. The zero-order chi connectivity index (χ0) is 18.0. The summed E-state index contributed by atoms with van der Waals surface area (Å²) in [7, 11) is 0. The second-order valence-corrected chi connectivity index (χ2v) is 6.73. The van der Waals surface area contributed by atoms with Crippen molar-refractivity contribution < 1.29 is 9.18 Å². The number of halogens is 2. The maximum atomic E-state index is 13.3. The second kappa shape index (κ2) is 7.31. The largest absolute Gasteiger partial charge is 0.368 e. The molecule has 25 heavy (non-hydrogen) atoms. The van der Waals surface area contributed by atoms with Crippen LogP contribution in [0.15, 0.2) is 36.4 Å². The molecule has 0 aromatic heterocycles. The maximum Gasteiger partial charge on any atom is 0.321 e. The summed E-state index contributed by atoms with van der Waals surface area (Å²) < 4.78 is 13.3. The smallest absolute Gasteiger partial charge is 0.321 e. The van der Waals surface area contributed by atoms with Gasteiger partial charge in [-0.3, -0.25) is 0 Å². The first kappa shape index (κ1) is 17.5. The number of aryl methyl sites for hydroxylation is 2. The molecular formula is C19H21ClFN3O. The van der Waals surface area contributed by atoms with Gasteiger partial charge in [0.1, 0.15) is 5.82 Å². The molecule has 4 nitrogen and oxygen atoms in total. The monoisotopic (exact) mass is 361 g/mol. The highest BCUT2D eigenvalue weighted by Crippen LogP contribution is 2.24. The van der Waals surface area contributed by atoms with E-state index in [1.165, 1.54) is 6.07 Å². The first-order valence-electron chi connectivity index (χ1n) is 8.27. The highest BCUT2D eigenvalue weighted by atomic mass is 35.5. The van der Waals surface area contributed by atoms with Crippen LogP contribution in [-0.2, 0) is 0 Å². The van der Waals surface area contributed by atoms with Gasteiger partial charge in [0.25, 0.3) is 0 Å². The van der Waals surface area contributed by atoms with E-state index in [1.54, 1.807) is 17.0 Å². The first-order valence-corrected chi connectivity index (χ1v) is 8.65. The summed E-state index contributed by atoms with van der Waals surface area (Å²) in [6, 6.07) is 10.6. The standard InChI is InChI=1S/C19H21ClFN3O/c1-13-3-4-14(2)18(11-13)22-19(25)24-9-7-23(8-10-24)15-5-6-17(21)16(20)12-15/h3-6,11-12H,7-10H2,1-2H3,(H,22,25). The van der Waals surface area contributed by atoms with Crippen molar-refractivity contribution in [2.24, 2.45) is 0 Å². The quantitative estimate of drug-likeness (QED) is 0.857. The number of carbonyl (C=O) groups excluding carboxylic acids is 1. The fourth-order valence-electron chi connectivity index (χ4n) is 2.91. The molecule has 2 aromatic rings. The normalized spacial score (nSPS) is 14.6. The van der Waals surface area contributed by atoms with Gasteiger partial charge in [-0.15, -0.1) is 0 Å². The Hall–Kier alpha value is -2.27. The molecule has 1 fully saturated rings. The van der Waals surface area contributed by atoms with Gasteiger partial charge in [0.05, 0.1) is 5.02 Å². The van der Waals surface area contributed by atoms with E-state index in [0.29, 0.717) is 26.2 Å². The van der Waals surface area contributed by atoms with E-state index in [-0.39, 0.29) is 11.1 Å². The Morgan fingerprint density at radius 3 is 2.48 bits per heavy atom. The zero-order valence-corrected chi connectivity index (χ0v) is 15.1. The number of nitrogens with one attached hydrogen (secondary N) is 1. The van der Waals surface area contributed by atoms with E-state index in [2.05, 4.69) is 10.2 Å². The number of rotatable bonds is 2. The van der Waals surface area contributed by atoms with Crippen LogP contribution in [0.3, 0.4) is 0 Å². The van der Waals surface area contributed by atoms with E-state index < -0.39 is 5.82 Å². The molecule has 1 heterocycles. The summed E-state index contributed by atoms with van der Waals surface area (Å²) in [5, 5.41) is 3.11. The summed E-state index contributed by atoms with van der Waals surface area (Å²) in [5.41, 5.74) is 3.87. The minimum atomic E-state index is -0.419. The molecule has 0 atom stereocenters. The lowest BCUT2D eigenvalue weighted by molar-refractivity contribution is 0.208. The van der Waals surface area contributed by atoms with Crippen molar-refractivity contribution in [1.29, 1.82) is 0 Å². The van der Waals surface area contributed by atoms with E-state index in [0.717, 1.165) is 22.5 Å². The molecule has 1 aliphatic rings. The molecule has 0 unspecified atom stereocenters. The molecule has 132 valence electrons. The van der Waals surface area contributed by atoms with E-state index in [1.807, 2.05) is 32.0 Å². The van der Waals surface area contributed by atoms with Gasteiger partial charge in [-0.1, -0.05) is 23.7 Å². The van der Waals surface area contributed by atoms with Crippen molar-refractivity contribution in [1.82, 2.24) is 4.90 Å². The van der Waals surface area contributed by atoms with Gasteiger partial charge in [0.2, 0.25) is 0 Å². The Labute approximate surface area is 152 Å².